The summed E-state index contributed by atoms with van der Waals surface area (Å²) in [5.74, 6) is 1.07. The average molecular weight is 250 g/mol. The molecule has 0 aliphatic heterocycles. The first kappa shape index (κ1) is 13.6. The lowest BCUT2D eigenvalue weighted by Gasteiger charge is -2.27. The van der Waals surface area contributed by atoms with E-state index in [2.05, 4.69) is 30.1 Å². The second kappa shape index (κ2) is 6.95. The van der Waals surface area contributed by atoms with Crippen LogP contribution in [-0.4, -0.2) is 30.1 Å². The van der Waals surface area contributed by atoms with Gasteiger partial charge in [-0.15, -0.1) is 0 Å². The lowest BCUT2D eigenvalue weighted by molar-refractivity contribution is 0.184. The Balaban J connectivity index is 1.65. The summed E-state index contributed by atoms with van der Waals surface area (Å²) in [7, 11) is 0. The fourth-order valence-electron chi connectivity index (χ4n) is 2.36. The average Bonchev–Trinajstić information content (AvgIpc) is 3.06. The van der Waals surface area contributed by atoms with Crippen molar-refractivity contribution in [3.8, 4) is 0 Å². The summed E-state index contributed by atoms with van der Waals surface area (Å²) in [6, 6.07) is 5.49. The van der Waals surface area contributed by atoms with Gasteiger partial charge in [0.05, 0.1) is 12.8 Å². The Labute approximate surface area is 111 Å². The molecule has 2 rings (SSSR count). The third kappa shape index (κ3) is 4.46. The largest absolute Gasteiger partial charge is 0.468 e. The molecule has 1 saturated carbocycles. The molecule has 1 aromatic heterocycles. The third-order valence-electron chi connectivity index (χ3n) is 3.78. The molecule has 1 atom stereocenters. The van der Waals surface area contributed by atoms with Crippen molar-refractivity contribution in [2.75, 3.05) is 13.1 Å². The SMILES string of the molecule is CCN(Cc1ccco1)C(C)CCCNC1CC1. The molecule has 1 N–H and O–H groups in total. The zero-order valence-corrected chi connectivity index (χ0v) is 11.7. The summed E-state index contributed by atoms with van der Waals surface area (Å²) < 4.78 is 5.43. The molecule has 0 amide bonds. The molecular weight excluding hydrogens is 224 g/mol. The fraction of sp³-hybridized carbons (Fsp3) is 0.733. The normalized spacial score (nSPS) is 17.3. The Morgan fingerprint density at radius 1 is 1.50 bits per heavy atom. The molecule has 1 aliphatic carbocycles. The van der Waals surface area contributed by atoms with E-state index in [1.807, 2.05) is 6.07 Å². The van der Waals surface area contributed by atoms with Gasteiger partial charge in [0, 0.05) is 12.1 Å². The molecule has 1 aliphatic rings. The third-order valence-corrected chi connectivity index (χ3v) is 3.78. The van der Waals surface area contributed by atoms with Crippen LogP contribution in [0.25, 0.3) is 0 Å². The molecule has 0 saturated heterocycles. The minimum absolute atomic E-state index is 0.626. The van der Waals surface area contributed by atoms with Crippen LogP contribution in [0.1, 0.15) is 45.3 Å². The van der Waals surface area contributed by atoms with Gasteiger partial charge in [-0.05, 0) is 57.8 Å². The van der Waals surface area contributed by atoms with E-state index >= 15 is 0 Å². The number of hydrogen-bond donors (Lipinski definition) is 1. The van der Waals surface area contributed by atoms with Gasteiger partial charge in [0.25, 0.3) is 0 Å². The molecule has 18 heavy (non-hydrogen) atoms. The van der Waals surface area contributed by atoms with Crippen molar-refractivity contribution in [2.45, 2.75) is 58.2 Å². The summed E-state index contributed by atoms with van der Waals surface area (Å²) in [4.78, 5) is 2.48. The van der Waals surface area contributed by atoms with E-state index in [9.17, 15) is 0 Å². The molecule has 102 valence electrons. The second-order valence-corrected chi connectivity index (χ2v) is 5.36. The van der Waals surface area contributed by atoms with Crippen molar-refractivity contribution in [1.82, 2.24) is 10.2 Å². The Kier molecular flexibility index (Phi) is 5.26. The van der Waals surface area contributed by atoms with Crippen LogP contribution in [0.15, 0.2) is 22.8 Å². The highest BCUT2D eigenvalue weighted by molar-refractivity contribution is 4.98. The second-order valence-electron chi connectivity index (χ2n) is 5.36. The van der Waals surface area contributed by atoms with Crippen LogP contribution in [0.5, 0.6) is 0 Å². The van der Waals surface area contributed by atoms with E-state index in [1.54, 1.807) is 6.26 Å². The Bertz CT molecular complexity index is 319. The summed E-state index contributed by atoms with van der Waals surface area (Å²) in [6.45, 7) is 7.73. The summed E-state index contributed by atoms with van der Waals surface area (Å²) in [5.41, 5.74) is 0. The molecule has 1 aromatic rings. The lowest BCUT2D eigenvalue weighted by atomic mass is 10.1. The van der Waals surface area contributed by atoms with E-state index in [0.29, 0.717) is 6.04 Å². The van der Waals surface area contributed by atoms with E-state index in [1.165, 1.54) is 32.2 Å². The quantitative estimate of drug-likeness (QED) is 0.683. The van der Waals surface area contributed by atoms with E-state index in [4.69, 9.17) is 4.42 Å². The van der Waals surface area contributed by atoms with Gasteiger partial charge in [-0.25, -0.2) is 0 Å². The Morgan fingerprint density at radius 3 is 2.94 bits per heavy atom. The molecule has 0 aromatic carbocycles. The Hall–Kier alpha value is -0.800. The van der Waals surface area contributed by atoms with Crippen LogP contribution in [0.3, 0.4) is 0 Å². The molecule has 1 heterocycles. The first-order chi connectivity index (χ1) is 8.79. The van der Waals surface area contributed by atoms with E-state index in [0.717, 1.165) is 24.9 Å². The van der Waals surface area contributed by atoms with Crippen LogP contribution in [0.2, 0.25) is 0 Å². The highest BCUT2D eigenvalue weighted by atomic mass is 16.3. The lowest BCUT2D eigenvalue weighted by Crippen LogP contribution is -2.33. The van der Waals surface area contributed by atoms with Gasteiger partial charge in [-0.1, -0.05) is 6.92 Å². The van der Waals surface area contributed by atoms with Crippen LogP contribution in [-0.2, 0) is 6.54 Å². The van der Waals surface area contributed by atoms with Gasteiger partial charge < -0.3 is 9.73 Å². The van der Waals surface area contributed by atoms with E-state index in [-0.39, 0.29) is 0 Å². The number of furan rings is 1. The van der Waals surface area contributed by atoms with Crippen molar-refractivity contribution >= 4 is 0 Å². The molecule has 1 unspecified atom stereocenters. The highest BCUT2D eigenvalue weighted by Gasteiger charge is 2.20. The zero-order chi connectivity index (χ0) is 12.8. The van der Waals surface area contributed by atoms with Gasteiger partial charge in [-0.2, -0.15) is 0 Å². The smallest absolute Gasteiger partial charge is 0.117 e. The summed E-state index contributed by atoms with van der Waals surface area (Å²) >= 11 is 0. The van der Waals surface area contributed by atoms with E-state index < -0.39 is 0 Å². The van der Waals surface area contributed by atoms with Crippen LogP contribution in [0.4, 0.5) is 0 Å². The van der Waals surface area contributed by atoms with Crippen molar-refractivity contribution in [3.63, 3.8) is 0 Å². The molecule has 3 nitrogen and oxygen atoms in total. The highest BCUT2D eigenvalue weighted by Crippen LogP contribution is 2.18. The molecule has 0 spiro atoms. The van der Waals surface area contributed by atoms with Gasteiger partial charge in [-0.3, -0.25) is 4.90 Å². The predicted molar refractivity (Wildman–Crippen MR) is 74.5 cm³/mol. The minimum Gasteiger partial charge on any atom is -0.468 e. The molecule has 1 fully saturated rings. The van der Waals surface area contributed by atoms with Crippen molar-refractivity contribution in [3.05, 3.63) is 24.2 Å². The van der Waals surface area contributed by atoms with Crippen molar-refractivity contribution in [1.29, 1.82) is 0 Å². The maximum atomic E-state index is 5.43. The van der Waals surface area contributed by atoms with Crippen LogP contribution in [0, 0.1) is 0 Å². The van der Waals surface area contributed by atoms with Gasteiger partial charge in [0.2, 0.25) is 0 Å². The zero-order valence-electron chi connectivity index (χ0n) is 11.7. The number of nitrogens with one attached hydrogen (secondary N) is 1. The molecular formula is C15H26N2O. The standard InChI is InChI=1S/C15H26N2O/c1-3-17(12-15-7-5-11-18-15)13(2)6-4-10-16-14-8-9-14/h5,7,11,13-14,16H,3-4,6,8-10,12H2,1-2H3. The number of nitrogens with zero attached hydrogens (tertiary/aromatic N) is 1. The summed E-state index contributed by atoms with van der Waals surface area (Å²) in [6.07, 6.45) is 7.05. The molecule has 3 heteroatoms. The maximum Gasteiger partial charge on any atom is 0.117 e. The summed E-state index contributed by atoms with van der Waals surface area (Å²) in [5, 5.41) is 3.58. The number of hydrogen-bond acceptors (Lipinski definition) is 3. The number of rotatable bonds is 9. The topological polar surface area (TPSA) is 28.4 Å². The van der Waals surface area contributed by atoms with Gasteiger partial charge in [0.15, 0.2) is 0 Å². The van der Waals surface area contributed by atoms with Crippen molar-refractivity contribution < 1.29 is 4.42 Å². The van der Waals surface area contributed by atoms with Crippen LogP contribution < -0.4 is 5.32 Å². The monoisotopic (exact) mass is 250 g/mol. The maximum absolute atomic E-state index is 5.43. The van der Waals surface area contributed by atoms with Crippen LogP contribution >= 0.6 is 0 Å². The molecule has 0 radical (unpaired) electrons. The van der Waals surface area contributed by atoms with Gasteiger partial charge >= 0.3 is 0 Å². The predicted octanol–water partition coefficient (Wildman–Crippen LogP) is 3.02. The fourth-order valence-corrected chi connectivity index (χ4v) is 2.36. The Morgan fingerprint density at radius 2 is 2.33 bits per heavy atom. The first-order valence-corrected chi connectivity index (χ1v) is 7.29. The van der Waals surface area contributed by atoms with Gasteiger partial charge in [0.1, 0.15) is 5.76 Å². The minimum atomic E-state index is 0.626. The van der Waals surface area contributed by atoms with Crippen molar-refractivity contribution in [2.24, 2.45) is 0 Å². The first-order valence-electron chi connectivity index (χ1n) is 7.29. The molecule has 0 bridgehead atoms.